The van der Waals surface area contributed by atoms with Crippen molar-refractivity contribution in [1.82, 2.24) is 9.80 Å². The van der Waals surface area contributed by atoms with Crippen molar-refractivity contribution in [2.24, 2.45) is 5.73 Å². The molecular formula is C17H19ClFN3O3. The average Bonchev–Trinajstić information content (AvgIpc) is 3.10. The standard InChI is InChI=1S/C17H18FN3O3.ClH/c18-14-3-1-12(2-4-14)16(22)20-5-7-21(8-6-20)17(23)13-9-15(10-19)24-11-13;/h1-4,9,11H,5-8,10,19H2;1H. The van der Waals surface area contributed by atoms with Crippen molar-refractivity contribution in [3.05, 3.63) is 59.3 Å². The molecule has 2 heterocycles. The quantitative estimate of drug-likeness (QED) is 0.898. The van der Waals surface area contributed by atoms with Crippen molar-refractivity contribution in [1.29, 1.82) is 0 Å². The molecule has 1 fully saturated rings. The van der Waals surface area contributed by atoms with Crippen molar-refractivity contribution in [3.8, 4) is 0 Å². The highest BCUT2D eigenvalue weighted by Gasteiger charge is 2.26. The molecule has 1 aliphatic rings. The molecule has 2 aromatic rings. The summed E-state index contributed by atoms with van der Waals surface area (Å²) in [6.45, 7) is 1.99. The molecule has 3 rings (SSSR count). The van der Waals surface area contributed by atoms with Crippen LogP contribution in [0.1, 0.15) is 26.5 Å². The molecule has 1 aromatic heterocycles. The molecule has 1 aromatic carbocycles. The summed E-state index contributed by atoms with van der Waals surface area (Å²) in [6.07, 6.45) is 1.40. The van der Waals surface area contributed by atoms with Gasteiger partial charge >= 0.3 is 0 Å². The van der Waals surface area contributed by atoms with E-state index in [9.17, 15) is 14.0 Å². The number of carbonyl (C=O) groups is 2. The maximum Gasteiger partial charge on any atom is 0.257 e. The summed E-state index contributed by atoms with van der Waals surface area (Å²) in [6, 6.07) is 7.10. The number of nitrogens with two attached hydrogens (primary N) is 1. The van der Waals surface area contributed by atoms with Gasteiger partial charge in [0.1, 0.15) is 17.8 Å². The topological polar surface area (TPSA) is 79.8 Å². The lowest BCUT2D eigenvalue weighted by atomic mass is 10.1. The van der Waals surface area contributed by atoms with Crippen molar-refractivity contribution >= 4 is 24.2 Å². The average molecular weight is 368 g/mol. The van der Waals surface area contributed by atoms with Crippen LogP contribution in [0.5, 0.6) is 0 Å². The van der Waals surface area contributed by atoms with Gasteiger partial charge in [0, 0.05) is 31.7 Å². The van der Waals surface area contributed by atoms with Crippen LogP contribution in [0.25, 0.3) is 0 Å². The van der Waals surface area contributed by atoms with Crippen LogP contribution in [0.15, 0.2) is 41.0 Å². The minimum Gasteiger partial charge on any atom is -0.467 e. The highest BCUT2D eigenvalue weighted by Crippen LogP contribution is 2.14. The van der Waals surface area contributed by atoms with Crippen molar-refractivity contribution < 1.29 is 18.4 Å². The van der Waals surface area contributed by atoms with Crippen LogP contribution >= 0.6 is 12.4 Å². The molecule has 6 nitrogen and oxygen atoms in total. The predicted molar refractivity (Wildman–Crippen MR) is 92.1 cm³/mol. The van der Waals surface area contributed by atoms with Gasteiger partial charge in [-0.25, -0.2) is 4.39 Å². The zero-order chi connectivity index (χ0) is 17.1. The maximum atomic E-state index is 12.9. The van der Waals surface area contributed by atoms with Crippen LogP contribution in [0.3, 0.4) is 0 Å². The third-order valence-electron chi connectivity index (χ3n) is 4.05. The van der Waals surface area contributed by atoms with E-state index in [1.54, 1.807) is 15.9 Å². The van der Waals surface area contributed by atoms with Gasteiger partial charge < -0.3 is 20.0 Å². The maximum absolute atomic E-state index is 12.9. The number of carbonyl (C=O) groups excluding carboxylic acids is 2. The molecular weight excluding hydrogens is 349 g/mol. The molecule has 1 aliphatic heterocycles. The Hall–Kier alpha value is -2.38. The van der Waals surface area contributed by atoms with E-state index in [0.717, 1.165) is 0 Å². The van der Waals surface area contributed by atoms with Gasteiger partial charge in [-0.05, 0) is 30.3 Å². The Kier molecular flexibility index (Phi) is 6.17. The van der Waals surface area contributed by atoms with Crippen LogP contribution in [0.4, 0.5) is 4.39 Å². The summed E-state index contributed by atoms with van der Waals surface area (Å²) in [4.78, 5) is 28.1. The monoisotopic (exact) mass is 367 g/mol. The number of hydrogen-bond donors (Lipinski definition) is 1. The molecule has 2 amide bonds. The molecule has 8 heteroatoms. The van der Waals surface area contributed by atoms with Gasteiger partial charge in [0.05, 0.1) is 12.1 Å². The second-order valence-electron chi connectivity index (χ2n) is 5.60. The second-order valence-corrected chi connectivity index (χ2v) is 5.60. The van der Waals surface area contributed by atoms with E-state index in [4.69, 9.17) is 10.2 Å². The minimum absolute atomic E-state index is 0. The predicted octanol–water partition coefficient (Wildman–Crippen LogP) is 1.90. The molecule has 2 N–H and O–H groups in total. The Morgan fingerprint density at radius 1 is 1.00 bits per heavy atom. The molecule has 0 spiro atoms. The number of rotatable bonds is 3. The van der Waals surface area contributed by atoms with Crippen LogP contribution in [0, 0.1) is 5.82 Å². The normalized spacial score (nSPS) is 14.2. The van der Waals surface area contributed by atoms with Crippen molar-refractivity contribution in [2.75, 3.05) is 26.2 Å². The summed E-state index contributed by atoms with van der Waals surface area (Å²) in [7, 11) is 0. The van der Waals surface area contributed by atoms with E-state index >= 15 is 0 Å². The third-order valence-corrected chi connectivity index (χ3v) is 4.05. The molecule has 0 aliphatic carbocycles. The lowest BCUT2D eigenvalue weighted by molar-refractivity contribution is 0.0535. The summed E-state index contributed by atoms with van der Waals surface area (Å²) >= 11 is 0. The number of piperazine rings is 1. The minimum atomic E-state index is -0.376. The molecule has 134 valence electrons. The third kappa shape index (κ3) is 4.18. The largest absolute Gasteiger partial charge is 0.467 e. The molecule has 0 unspecified atom stereocenters. The number of benzene rings is 1. The fourth-order valence-electron chi connectivity index (χ4n) is 2.67. The van der Waals surface area contributed by atoms with Crippen LogP contribution in [-0.4, -0.2) is 47.8 Å². The Morgan fingerprint density at radius 3 is 2.00 bits per heavy atom. The number of hydrogen-bond acceptors (Lipinski definition) is 4. The molecule has 25 heavy (non-hydrogen) atoms. The Morgan fingerprint density at radius 2 is 1.52 bits per heavy atom. The molecule has 1 saturated heterocycles. The number of nitrogens with zero attached hydrogens (tertiary/aromatic N) is 2. The first-order chi connectivity index (χ1) is 11.6. The van der Waals surface area contributed by atoms with E-state index in [2.05, 4.69) is 0 Å². The first-order valence-corrected chi connectivity index (χ1v) is 7.70. The summed E-state index contributed by atoms with van der Waals surface area (Å²) in [5.74, 6) is -0.106. The molecule has 0 radical (unpaired) electrons. The fraction of sp³-hybridized carbons (Fsp3) is 0.294. The van der Waals surface area contributed by atoms with E-state index < -0.39 is 0 Å². The highest BCUT2D eigenvalue weighted by molar-refractivity contribution is 5.95. The van der Waals surface area contributed by atoms with E-state index in [1.807, 2.05) is 0 Å². The first-order valence-electron chi connectivity index (χ1n) is 7.70. The van der Waals surface area contributed by atoms with E-state index in [1.165, 1.54) is 30.5 Å². The zero-order valence-electron chi connectivity index (χ0n) is 13.5. The van der Waals surface area contributed by atoms with E-state index in [-0.39, 0.29) is 36.6 Å². The number of furan rings is 1. The van der Waals surface area contributed by atoms with Crippen molar-refractivity contribution in [3.63, 3.8) is 0 Å². The number of amides is 2. The Balaban J connectivity index is 0.00000225. The van der Waals surface area contributed by atoms with Gasteiger partial charge in [0.2, 0.25) is 0 Å². The summed E-state index contributed by atoms with van der Waals surface area (Å²) < 4.78 is 18.1. The van der Waals surface area contributed by atoms with Crippen LogP contribution < -0.4 is 5.73 Å². The summed E-state index contributed by atoms with van der Waals surface area (Å²) in [5.41, 5.74) is 6.38. The lowest BCUT2D eigenvalue weighted by Gasteiger charge is -2.34. The van der Waals surface area contributed by atoms with Crippen LogP contribution in [-0.2, 0) is 6.54 Å². The zero-order valence-corrected chi connectivity index (χ0v) is 14.3. The van der Waals surface area contributed by atoms with Gasteiger partial charge in [-0.15, -0.1) is 12.4 Å². The van der Waals surface area contributed by atoms with Gasteiger partial charge in [-0.1, -0.05) is 0 Å². The molecule has 0 bridgehead atoms. The van der Waals surface area contributed by atoms with Crippen molar-refractivity contribution in [2.45, 2.75) is 6.54 Å². The molecule has 0 atom stereocenters. The van der Waals surface area contributed by atoms with Crippen LogP contribution in [0.2, 0.25) is 0 Å². The fourth-order valence-corrected chi connectivity index (χ4v) is 2.67. The van der Waals surface area contributed by atoms with Gasteiger partial charge in [-0.2, -0.15) is 0 Å². The Labute approximate surface area is 150 Å². The molecule has 0 saturated carbocycles. The summed E-state index contributed by atoms with van der Waals surface area (Å²) in [5, 5.41) is 0. The first kappa shape index (κ1) is 19.0. The second kappa shape index (κ2) is 8.13. The van der Waals surface area contributed by atoms with Gasteiger partial charge in [0.15, 0.2) is 0 Å². The van der Waals surface area contributed by atoms with Gasteiger partial charge in [-0.3, -0.25) is 9.59 Å². The SMILES string of the molecule is Cl.NCc1cc(C(=O)N2CCN(C(=O)c3ccc(F)cc3)CC2)co1. The van der Waals surface area contributed by atoms with E-state index in [0.29, 0.717) is 43.1 Å². The lowest BCUT2D eigenvalue weighted by Crippen LogP contribution is -2.50. The highest BCUT2D eigenvalue weighted by atomic mass is 35.5. The van der Waals surface area contributed by atoms with Gasteiger partial charge in [0.25, 0.3) is 11.8 Å². The smallest absolute Gasteiger partial charge is 0.257 e. The number of halogens is 2. The Bertz CT molecular complexity index is 740.